The molecule has 0 aliphatic carbocycles. The molecule has 8 nitrogen and oxygen atoms in total. The van der Waals surface area contributed by atoms with E-state index in [9.17, 15) is 9.59 Å². The van der Waals surface area contributed by atoms with Gasteiger partial charge in [0, 0.05) is 55.5 Å². The molecule has 218 valence electrons. The molecular weight excluding hydrogens is 518 g/mol. The zero-order chi connectivity index (χ0) is 29.5. The standard InChI is InChI=1S/C30H40F2N4O4/c1-20-15-34(22(18-39-7)16-35(20)27(38)40-28(2,3)4)17-26(37)36-19-29(5,6)23-14-33-25(13-24(23)36)30(31,32)21-11-9-8-10-12-21/h8-14,20,22H,15-19H2,1-7H3/t20-,22-/m1/s1. The average molecular weight is 559 g/mol. The van der Waals surface area contributed by atoms with Crippen molar-refractivity contribution in [2.75, 3.05) is 44.8 Å². The molecule has 1 aromatic carbocycles. The minimum absolute atomic E-state index is 0.0583. The zero-order valence-electron chi connectivity index (χ0n) is 24.4. The number of nitrogens with zero attached hydrogens (tertiary/aromatic N) is 4. The summed E-state index contributed by atoms with van der Waals surface area (Å²) in [6.07, 6.45) is 1.08. The van der Waals surface area contributed by atoms with Crippen LogP contribution in [0.1, 0.15) is 58.4 Å². The minimum Gasteiger partial charge on any atom is -0.444 e. The highest BCUT2D eigenvalue weighted by molar-refractivity contribution is 5.97. The Kier molecular flexibility index (Phi) is 8.25. The first-order valence-corrected chi connectivity index (χ1v) is 13.6. The number of carbonyl (C=O) groups excluding carboxylic acids is 2. The van der Waals surface area contributed by atoms with E-state index in [0.29, 0.717) is 31.9 Å². The lowest BCUT2D eigenvalue weighted by molar-refractivity contribution is -0.121. The molecule has 2 atom stereocenters. The topological polar surface area (TPSA) is 75.2 Å². The van der Waals surface area contributed by atoms with Gasteiger partial charge in [0.15, 0.2) is 0 Å². The van der Waals surface area contributed by atoms with Crippen LogP contribution in [0.3, 0.4) is 0 Å². The van der Waals surface area contributed by atoms with Crippen LogP contribution in [0, 0.1) is 0 Å². The Bertz CT molecular complexity index is 1230. The third-order valence-electron chi connectivity index (χ3n) is 7.49. The van der Waals surface area contributed by atoms with E-state index in [4.69, 9.17) is 9.47 Å². The minimum atomic E-state index is -3.31. The van der Waals surface area contributed by atoms with Crippen molar-refractivity contribution < 1.29 is 27.8 Å². The number of amides is 2. The molecule has 3 heterocycles. The maximum Gasteiger partial charge on any atom is 0.410 e. The van der Waals surface area contributed by atoms with Crippen molar-refractivity contribution in [3.8, 4) is 0 Å². The van der Waals surface area contributed by atoms with Crippen molar-refractivity contribution in [3.63, 3.8) is 0 Å². The molecule has 10 heteroatoms. The third kappa shape index (κ3) is 6.12. The number of halogens is 2. The summed E-state index contributed by atoms with van der Waals surface area (Å²) in [5, 5.41) is 0. The molecular formula is C30H40F2N4O4. The molecule has 40 heavy (non-hydrogen) atoms. The first-order valence-electron chi connectivity index (χ1n) is 13.6. The number of methoxy groups -OCH3 is 1. The molecule has 2 aliphatic heterocycles. The molecule has 2 aliphatic rings. The van der Waals surface area contributed by atoms with Gasteiger partial charge in [-0.05, 0) is 33.8 Å². The molecule has 0 spiro atoms. The first-order chi connectivity index (χ1) is 18.6. The second kappa shape index (κ2) is 11.0. The van der Waals surface area contributed by atoms with Gasteiger partial charge >= 0.3 is 12.0 Å². The van der Waals surface area contributed by atoms with Gasteiger partial charge in [0.1, 0.15) is 11.3 Å². The summed E-state index contributed by atoms with van der Waals surface area (Å²) >= 11 is 0. The number of anilines is 1. The average Bonchev–Trinajstić information content (AvgIpc) is 3.15. The molecule has 1 saturated heterocycles. The van der Waals surface area contributed by atoms with Crippen LogP contribution in [-0.2, 0) is 25.6 Å². The number of aromatic nitrogens is 1. The smallest absolute Gasteiger partial charge is 0.410 e. The Morgan fingerprint density at radius 3 is 2.42 bits per heavy atom. The lowest BCUT2D eigenvalue weighted by Crippen LogP contribution is -2.62. The van der Waals surface area contributed by atoms with Crippen LogP contribution < -0.4 is 4.90 Å². The highest BCUT2D eigenvalue weighted by Gasteiger charge is 2.44. The summed E-state index contributed by atoms with van der Waals surface area (Å²) in [6.45, 7) is 12.9. The largest absolute Gasteiger partial charge is 0.444 e. The van der Waals surface area contributed by atoms with Crippen molar-refractivity contribution in [3.05, 3.63) is 59.4 Å². The Balaban J connectivity index is 1.57. The summed E-state index contributed by atoms with van der Waals surface area (Å²) in [5.74, 6) is -3.51. The number of fused-ring (bicyclic) bond motifs is 1. The molecule has 1 fully saturated rings. The maximum absolute atomic E-state index is 15.4. The molecule has 0 radical (unpaired) electrons. The number of carbonyl (C=O) groups is 2. The number of piperazine rings is 1. The predicted octanol–water partition coefficient (Wildman–Crippen LogP) is 4.80. The number of alkyl halides is 2. The second-order valence-electron chi connectivity index (χ2n) is 12.4. The number of hydrogen-bond donors (Lipinski definition) is 0. The van der Waals surface area contributed by atoms with Gasteiger partial charge in [0.2, 0.25) is 5.91 Å². The molecule has 0 N–H and O–H groups in total. The fourth-order valence-corrected chi connectivity index (χ4v) is 5.43. The molecule has 0 saturated carbocycles. The number of ether oxygens (including phenoxy) is 2. The quantitative estimate of drug-likeness (QED) is 0.507. The van der Waals surface area contributed by atoms with Crippen LogP contribution in [0.15, 0.2) is 42.6 Å². The van der Waals surface area contributed by atoms with Crippen LogP contribution in [-0.4, -0.2) is 84.4 Å². The fraction of sp³-hybridized carbons (Fsp3) is 0.567. The fourth-order valence-electron chi connectivity index (χ4n) is 5.43. The summed E-state index contributed by atoms with van der Waals surface area (Å²) in [5.41, 5.74) is -0.416. The maximum atomic E-state index is 15.4. The lowest BCUT2D eigenvalue weighted by atomic mass is 9.88. The molecule has 0 unspecified atom stereocenters. The highest BCUT2D eigenvalue weighted by atomic mass is 19.3. The summed E-state index contributed by atoms with van der Waals surface area (Å²) in [6, 6.07) is 8.48. The Hall–Kier alpha value is -3.11. The van der Waals surface area contributed by atoms with E-state index in [1.807, 2.05) is 46.4 Å². The van der Waals surface area contributed by atoms with Gasteiger partial charge in [-0.25, -0.2) is 4.79 Å². The van der Waals surface area contributed by atoms with Crippen LogP contribution >= 0.6 is 0 Å². The van der Waals surface area contributed by atoms with Crippen LogP contribution in [0.5, 0.6) is 0 Å². The van der Waals surface area contributed by atoms with E-state index in [1.165, 1.54) is 24.4 Å². The highest BCUT2D eigenvalue weighted by Crippen LogP contribution is 2.43. The van der Waals surface area contributed by atoms with E-state index in [-0.39, 0.29) is 30.1 Å². The van der Waals surface area contributed by atoms with E-state index >= 15 is 8.78 Å². The summed E-state index contributed by atoms with van der Waals surface area (Å²) in [7, 11) is 1.58. The van der Waals surface area contributed by atoms with Gasteiger partial charge in [-0.3, -0.25) is 14.7 Å². The molecule has 4 rings (SSSR count). The number of benzene rings is 1. The lowest BCUT2D eigenvalue weighted by Gasteiger charge is -2.45. The molecule has 2 amide bonds. The third-order valence-corrected chi connectivity index (χ3v) is 7.49. The van der Waals surface area contributed by atoms with E-state index in [1.54, 1.807) is 35.1 Å². The van der Waals surface area contributed by atoms with Crippen LogP contribution in [0.2, 0.25) is 0 Å². The molecule has 0 bridgehead atoms. The first kappa shape index (κ1) is 29.9. The molecule has 2 aromatic rings. The van der Waals surface area contributed by atoms with Crippen LogP contribution in [0.25, 0.3) is 0 Å². The predicted molar refractivity (Wildman–Crippen MR) is 149 cm³/mol. The second-order valence-corrected chi connectivity index (χ2v) is 12.4. The SMILES string of the molecule is COC[C@H]1CN(C(=O)OC(C)(C)C)[C@H](C)CN1CC(=O)N1CC(C)(C)c2cnc(C(F)(F)c3ccccc3)cc21. The Labute approximate surface area is 235 Å². The van der Waals surface area contributed by atoms with Crippen molar-refractivity contribution in [1.29, 1.82) is 0 Å². The van der Waals surface area contributed by atoms with Gasteiger partial charge in [0.05, 0.1) is 24.9 Å². The summed E-state index contributed by atoms with van der Waals surface area (Å²) < 4.78 is 41.8. The number of pyridine rings is 1. The van der Waals surface area contributed by atoms with Crippen LogP contribution in [0.4, 0.5) is 19.3 Å². The number of hydrogen-bond acceptors (Lipinski definition) is 6. The van der Waals surface area contributed by atoms with Gasteiger partial charge < -0.3 is 19.3 Å². The molecule has 1 aromatic heterocycles. The van der Waals surface area contributed by atoms with E-state index in [2.05, 4.69) is 4.98 Å². The van der Waals surface area contributed by atoms with Crippen molar-refractivity contribution in [1.82, 2.24) is 14.8 Å². The monoisotopic (exact) mass is 558 g/mol. The summed E-state index contributed by atoms with van der Waals surface area (Å²) in [4.78, 5) is 36.0. The van der Waals surface area contributed by atoms with E-state index in [0.717, 1.165) is 5.56 Å². The normalized spacial score (nSPS) is 21.3. The van der Waals surface area contributed by atoms with Gasteiger partial charge in [-0.15, -0.1) is 0 Å². The zero-order valence-corrected chi connectivity index (χ0v) is 24.4. The Morgan fingerprint density at radius 1 is 1.12 bits per heavy atom. The van der Waals surface area contributed by atoms with Crippen molar-refractivity contribution >= 4 is 17.7 Å². The number of rotatable bonds is 6. The van der Waals surface area contributed by atoms with Gasteiger partial charge in [-0.2, -0.15) is 8.78 Å². The Morgan fingerprint density at radius 2 is 1.80 bits per heavy atom. The van der Waals surface area contributed by atoms with Crippen molar-refractivity contribution in [2.45, 2.75) is 70.6 Å². The van der Waals surface area contributed by atoms with E-state index < -0.39 is 28.7 Å². The van der Waals surface area contributed by atoms with Gasteiger partial charge in [-0.1, -0.05) is 44.2 Å². The van der Waals surface area contributed by atoms with Gasteiger partial charge in [0.25, 0.3) is 0 Å². The van der Waals surface area contributed by atoms with Crippen molar-refractivity contribution in [2.24, 2.45) is 0 Å².